The van der Waals surface area contributed by atoms with Crippen LogP contribution in [0.1, 0.15) is 47.0 Å². The van der Waals surface area contributed by atoms with Crippen molar-refractivity contribution in [1.82, 2.24) is 0 Å². The number of aldehydes is 1. The molecule has 0 aromatic heterocycles. The van der Waals surface area contributed by atoms with Crippen molar-refractivity contribution in [2.45, 2.75) is 47.0 Å². The molecule has 0 saturated heterocycles. The predicted molar refractivity (Wildman–Crippen MR) is 60.5 cm³/mol. The highest BCUT2D eigenvalue weighted by molar-refractivity contribution is 5.78. The summed E-state index contributed by atoms with van der Waals surface area (Å²) < 4.78 is 0. The zero-order chi connectivity index (χ0) is 11.6. The first-order valence-electron chi connectivity index (χ1n) is 5.86. The molecule has 0 N–H and O–H groups in total. The Morgan fingerprint density at radius 3 is 2.40 bits per heavy atom. The van der Waals surface area contributed by atoms with Crippen molar-refractivity contribution in [3.8, 4) is 0 Å². The van der Waals surface area contributed by atoms with Crippen LogP contribution in [0, 0.1) is 23.2 Å². The fourth-order valence-electron chi connectivity index (χ4n) is 2.81. The van der Waals surface area contributed by atoms with Crippen molar-refractivity contribution in [2.24, 2.45) is 23.2 Å². The highest BCUT2D eigenvalue weighted by atomic mass is 16.1. The molecule has 0 amide bonds. The van der Waals surface area contributed by atoms with Gasteiger partial charge in [-0.15, -0.1) is 0 Å². The number of hydrogen-bond acceptors (Lipinski definition) is 2. The van der Waals surface area contributed by atoms with Gasteiger partial charge in [0.15, 0.2) is 0 Å². The molecule has 1 saturated carbocycles. The second-order valence-electron chi connectivity index (χ2n) is 5.61. The van der Waals surface area contributed by atoms with E-state index < -0.39 is 0 Å². The lowest BCUT2D eigenvalue weighted by Gasteiger charge is -2.29. The fourth-order valence-corrected chi connectivity index (χ4v) is 2.81. The third kappa shape index (κ3) is 2.67. The molecule has 0 spiro atoms. The SMILES string of the molecule is CC(=O)C1CC(C)C[C@](C)(C=O)C(C)C1. The number of rotatable bonds is 2. The zero-order valence-corrected chi connectivity index (χ0v) is 10.2. The first-order chi connectivity index (χ1) is 6.89. The number of carbonyl (C=O) groups is 2. The van der Waals surface area contributed by atoms with Crippen LogP contribution >= 0.6 is 0 Å². The third-order valence-corrected chi connectivity index (χ3v) is 4.08. The molecule has 0 bridgehead atoms. The van der Waals surface area contributed by atoms with Crippen molar-refractivity contribution < 1.29 is 9.59 Å². The van der Waals surface area contributed by atoms with Crippen molar-refractivity contribution >= 4 is 12.1 Å². The fraction of sp³-hybridized carbons (Fsp3) is 0.846. The summed E-state index contributed by atoms with van der Waals surface area (Å²) in [5.74, 6) is 1.23. The first kappa shape index (κ1) is 12.4. The summed E-state index contributed by atoms with van der Waals surface area (Å²) in [6.45, 7) is 7.95. The van der Waals surface area contributed by atoms with Gasteiger partial charge in [0, 0.05) is 11.3 Å². The Bertz CT molecular complexity index is 259. The van der Waals surface area contributed by atoms with Gasteiger partial charge in [-0.05, 0) is 38.0 Å². The molecule has 0 heterocycles. The normalized spacial score (nSPS) is 42.0. The van der Waals surface area contributed by atoms with Gasteiger partial charge in [-0.1, -0.05) is 20.8 Å². The van der Waals surface area contributed by atoms with Crippen molar-refractivity contribution in [3.63, 3.8) is 0 Å². The summed E-state index contributed by atoms with van der Waals surface area (Å²) in [5.41, 5.74) is -0.233. The van der Waals surface area contributed by atoms with Crippen LogP contribution in [0.15, 0.2) is 0 Å². The van der Waals surface area contributed by atoms with Gasteiger partial charge in [-0.3, -0.25) is 4.79 Å². The van der Waals surface area contributed by atoms with Crippen molar-refractivity contribution in [1.29, 1.82) is 0 Å². The Balaban J connectivity index is 2.87. The summed E-state index contributed by atoms with van der Waals surface area (Å²) in [5, 5.41) is 0. The molecule has 2 heteroatoms. The Morgan fingerprint density at radius 2 is 1.93 bits per heavy atom. The van der Waals surface area contributed by atoms with Crippen LogP contribution in [0.25, 0.3) is 0 Å². The van der Waals surface area contributed by atoms with Crippen LogP contribution in [0.3, 0.4) is 0 Å². The number of ketones is 1. The van der Waals surface area contributed by atoms with E-state index in [-0.39, 0.29) is 17.1 Å². The first-order valence-corrected chi connectivity index (χ1v) is 5.86. The molecule has 1 aliphatic carbocycles. The van der Waals surface area contributed by atoms with Gasteiger partial charge < -0.3 is 4.79 Å². The Kier molecular flexibility index (Phi) is 3.69. The van der Waals surface area contributed by atoms with Gasteiger partial charge in [0.1, 0.15) is 12.1 Å². The highest BCUT2D eigenvalue weighted by Crippen LogP contribution is 2.42. The number of carbonyl (C=O) groups excluding carboxylic acids is 2. The van der Waals surface area contributed by atoms with Crippen molar-refractivity contribution in [2.75, 3.05) is 0 Å². The summed E-state index contributed by atoms with van der Waals surface area (Å²) in [6, 6.07) is 0. The Morgan fingerprint density at radius 1 is 1.33 bits per heavy atom. The minimum absolute atomic E-state index is 0.164. The van der Waals surface area contributed by atoms with Gasteiger partial charge in [-0.25, -0.2) is 0 Å². The lowest BCUT2D eigenvalue weighted by molar-refractivity contribution is -0.122. The monoisotopic (exact) mass is 210 g/mol. The van der Waals surface area contributed by atoms with E-state index >= 15 is 0 Å². The van der Waals surface area contributed by atoms with Crippen molar-refractivity contribution in [3.05, 3.63) is 0 Å². The molecule has 86 valence electrons. The van der Waals surface area contributed by atoms with E-state index in [1.165, 1.54) is 0 Å². The lowest BCUT2D eigenvalue weighted by Crippen LogP contribution is -2.28. The summed E-state index contributed by atoms with van der Waals surface area (Å²) in [7, 11) is 0. The Labute approximate surface area is 92.4 Å². The summed E-state index contributed by atoms with van der Waals surface area (Å²) in [4.78, 5) is 22.6. The molecule has 15 heavy (non-hydrogen) atoms. The third-order valence-electron chi connectivity index (χ3n) is 4.08. The topological polar surface area (TPSA) is 34.1 Å². The smallest absolute Gasteiger partial charge is 0.132 e. The van der Waals surface area contributed by atoms with E-state index in [0.717, 1.165) is 25.5 Å². The van der Waals surface area contributed by atoms with Gasteiger partial charge in [0.2, 0.25) is 0 Å². The van der Waals surface area contributed by atoms with E-state index in [4.69, 9.17) is 0 Å². The van der Waals surface area contributed by atoms with E-state index in [1.807, 2.05) is 6.92 Å². The molecular formula is C13H22O2. The average molecular weight is 210 g/mol. The van der Waals surface area contributed by atoms with Gasteiger partial charge in [-0.2, -0.15) is 0 Å². The van der Waals surface area contributed by atoms with Crippen LogP contribution in [0.5, 0.6) is 0 Å². The minimum Gasteiger partial charge on any atom is -0.303 e. The van der Waals surface area contributed by atoms with E-state index in [1.54, 1.807) is 6.92 Å². The number of hydrogen-bond donors (Lipinski definition) is 0. The van der Waals surface area contributed by atoms with Gasteiger partial charge in [0.05, 0.1) is 0 Å². The maximum absolute atomic E-state index is 11.5. The maximum atomic E-state index is 11.5. The zero-order valence-electron chi connectivity index (χ0n) is 10.2. The molecule has 1 fully saturated rings. The number of Topliss-reactive ketones (excluding diaryl/α,β-unsaturated/α-hetero) is 1. The van der Waals surface area contributed by atoms with E-state index in [2.05, 4.69) is 13.8 Å². The van der Waals surface area contributed by atoms with Crippen LogP contribution in [0.2, 0.25) is 0 Å². The molecule has 0 aliphatic heterocycles. The predicted octanol–water partition coefficient (Wildman–Crippen LogP) is 2.85. The van der Waals surface area contributed by atoms with Crippen LogP contribution in [0.4, 0.5) is 0 Å². The highest BCUT2D eigenvalue weighted by Gasteiger charge is 2.38. The quantitative estimate of drug-likeness (QED) is 0.519. The molecule has 4 atom stereocenters. The Hall–Kier alpha value is -0.660. The lowest BCUT2D eigenvalue weighted by atomic mass is 9.74. The second-order valence-corrected chi connectivity index (χ2v) is 5.61. The largest absolute Gasteiger partial charge is 0.303 e. The molecule has 0 aromatic carbocycles. The van der Waals surface area contributed by atoms with Crippen LogP contribution in [-0.4, -0.2) is 12.1 Å². The molecule has 1 rings (SSSR count). The molecule has 2 nitrogen and oxygen atoms in total. The molecule has 0 aromatic rings. The summed E-state index contributed by atoms with van der Waals surface area (Å²) >= 11 is 0. The van der Waals surface area contributed by atoms with Crippen LogP contribution in [-0.2, 0) is 9.59 Å². The van der Waals surface area contributed by atoms with E-state index in [0.29, 0.717) is 11.8 Å². The molecule has 3 unspecified atom stereocenters. The molecular weight excluding hydrogens is 188 g/mol. The maximum Gasteiger partial charge on any atom is 0.132 e. The molecule has 1 aliphatic rings. The standard InChI is InChI=1S/C13H22O2/c1-9-5-12(11(3)15)6-10(2)13(4,7-9)8-14/h8-10,12H,5-7H2,1-4H3/t9?,10?,12?,13-/m1/s1. The van der Waals surface area contributed by atoms with Gasteiger partial charge >= 0.3 is 0 Å². The summed E-state index contributed by atoms with van der Waals surface area (Å²) in [6.07, 6.45) is 3.83. The average Bonchev–Trinajstić information content (AvgIpc) is 2.25. The second kappa shape index (κ2) is 4.46. The van der Waals surface area contributed by atoms with Gasteiger partial charge in [0.25, 0.3) is 0 Å². The minimum atomic E-state index is -0.233. The van der Waals surface area contributed by atoms with E-state index in [9.17, 15) is 9.59 Å². The molecule has 0 radical (unpaired) electrons. The van der Waals surface area contributed by atoms with Crippen LogP contribution < -0.4 is 0 Å².